The lowest BCUT2D eigenvalue weighted by Gasteiger charge is -2.25. The summed E-state index contributed by atoms with van der Waals surface area (Å²) in [6, 6.07) is 3.55. The Morgan fingerprint density at radius 1 is 1.33 bits per heavy atom. The van der Waals surface area contributed by atoms with E-state index in [0.29, 0.717) is 0 Å². The maximum atomic E-state index is 12.7. The molecule has 0 saturated heterocycles. The van der Waals surface area contributed by atoms with Gasteiger partial charge in [0, 0.05) is 24.2 Å². The Balaban J connectivity index is 3.12. The molecule has 9 heteroatoms. The summed E-state index contributed by atoms with van der Waals surface area (Å²) in [5.41, 5.74) is -0.386. The van der Waals surface area contributed by atoms with E-state index in [2.05, 4.69) is 5.32 Å². The van der Waals surface area contributed by atoms with E-state index in [9.17, 15) is 23.3 Å². The fourth-order valence-electron chi connectivity index (χ4n) is 2.16. The van der Waals surface area contributed by atoms with Gasteiger partial charge in [-0.2, -0.15) is 4.31 Å². The fraction of sp³-hybridized carbons (Fsp3) is 0.533. The number of amides is 1. The van der Waals surface area contributed by atoms with Gasteiger partial charge in [-0.3, -0.25) is 14.9 Å². The summed E-state index contributed by atoms with van der Waals surface area (Å²) in [4.78, 5) is 22.2. The molecule has 1 aromatic carbocycles. The van der Waals surface area contributed by atoms with E-state index in [0.717, 1.165) is 10.4 Å². The number of aryl methyl sites for hydroxylation is 1. The van der Waals surface area contributed by atoms with Crippen LogP contribution in [0.1, 0.15) is 33.3 Å². The third kappa shape index (κ3) is 5.00. The minimum absolute atomic E-state index is 0.0430. The average molecular weight is 357 g/mol. The van der Waals surface area contributed by atoms with Crippen LogP contribution in [0.4, 0.5) is 5.69 Å². The Hall–Kier alpha value is -2.00. The number of hydrogen-bond donors (Lipinski definition) is 1. The van der Waals surface area contributed by atoms with Crippen LogP contribution in [-0.2, 0) is 14.8 Å². The Bertz CT molecular complexity index is 738. The molecule has 1 rings (SSSR count). The van der Waals surface area contributed by atoms with Gasteiger partial charge in [-0.25, -0.2) is 8.42 Å². The van der Waals surface area contributed by atoms with E-state index >= 15 is 0 Å². The largest absolute Gasteiger partial charge is 0.350 e. The molecule has 8 nitrogen and oxygen atoms in total. The molecular weight excluding hydrogens is 334 g/mol. The minimum atomic E-state index is -3.93. The Morgan fingerprint density at radius 3 is 2.33 bits per heavy atom. The number of non-ortho nitro benzene ring substituents is 1. The summed E-state index contributed by atoms with van der Waals surface area (Å²) in [6.07, 6.45) is 0. The number of nitrogens with zero attached hydrogens (tertiary/aromatic N) is 2. The van der Waals surface area contributed by atoms with Crippen LogP contribution in [0.2, 0.25) is 0 Å². The average Bonchev–Trinajstić information content (AvgIpc) is 2.42. The first kappa shape index (κ1) is 20.0. The number of carbonyl (C=O) groups is 1. The number of nitrogens with one attached hydrogen (secondary N) is 1. The quantitative estimate of drug-likeness (QED) is 0.617. The topological polar surface area (TPSA) is 110 Å². The second-order valence-corrected chi connectivity index (χ2v) is 8.34. The number of nitro benzene ring substituents is 1. The van der Waals surface area contributed by atoms with Crippen LogP contribution in [0, 0.1) is 17.0 Å². The highest BCUT2D eigenvalue weighted by molar-refractivity contribution is 7.89. The molecule has 0 aliphatic carbocycles. The molecule has 0 radical (unpaired) electrons. The Labute approximate surface area is 142 Å². The number of carbonyl (C=O) groups excluding carboxylic acids is 1. The molecule has 1 N–H and O–H groups in total. The van der Waals surface area contributed by atoms with Gasteiger partial charge in [-0.15, -0.1) is 0 Å². The number of benzene rings is 1. The molecule has 0 unspecified atom stereocenters. The number of sulfonamides is 1. The highest BCUT2D eigenvalue weighted by atomic mass is 32.2. The van der Waals surface area contributed by atoms with Crippen molar-refractivity contribution in [2.75, 3.05) is 13.1 Å². The lowest BCUT2D eigenvalue weighted by molar-refractivity contribution is -0.385. The zero-order chi connectivity index (χ0) is 18.7. The van der Waals surface area contributed by atoms with Gasteiger partial charge in [-0.1, -0.05) is 6.92 Å². The van der Waals surface area contributed by atoms with Crippen molar-refractivity contribution in [2.24, 2.45) is 0 Å². The summed E-state index contributed by atoms with van der Waals surface area (Å²) in [5.74, 6) is -0.410. The zero-order valence-corrected chi connectivity index (χ0v) is 15.3. The van der Waals surface area contributed by atoms with Crippen molar-refractivity contribution < 1.29 is 18.1 Å². The second kappa shape index (κ2) is 7.27. The maximum Gasteiger partial charge on any atom is 0.269 e. The summed E-state index contributed by atoms with van der Waals surface area (Å²) in [7, 11) is -3.93. The number of likely N-dealkylation sites (N-methyl/N-ethyl adjacent to an activating group) is 1. The van der Waals surface area contributed by atoms with Gasteiger partial charge in [0.2, 0.25) is 15.9 Å². The number of nitro groups is 1. The smallest absolute Gasteiger partial charge is 0.269 e. The van der Waals surface area contributed by atoms with Crippen LogP contribution < -0.4 is 5.32 Å². The summed E-state index contributed by atoms with van der Waals surface area (Å²) >= 11 is 0. The molecule has 0 aliphatic heterocycles. The van der Waals surface area contributed by atoms with Crippen LogP contribution >= 0.6 is 0 Å². The van der Waals surface area contributed by atoms with Gasteiger partial charge < -0.3 is 5.32 Å². The molecule has 0 spiro atoms. The highest BCUT2D eigenvalue weighted by Gasteiger charge is 2.28. The maximum absolute atomic E-state index is 12.7. The normalized spacial score (nSPS) is 12.2. The Morgan fingerprint density at radius 2 is 1.92 bits per heavy atom. The van der Waals surface area contributed by atoms with Gasteiger partial charge in [-0.05, 0) is 39.3 Å². The molecule has 0 aromatic heterocycles. The van der Waals surface area contributed by atoms with E-state index in [1.807, 2.05) is 0 Å². The van der Waals surface area contributed by atoms with Crippen molar-refractivity contribution >= 4 is 21.6 Å². The molecule has 1 aromatic rings. The van der Waals surface area contributed by atoms with Crippen molar-refractivity contribution in [3.63, 3.8) is 0 Å². The lowest BCUT2D eigenvalue weighted by Crippen LogP contribution is -2.47. The number of hydrogen-bond acceptors (Lipinski definition) is 5. The zero-order valence-electron chi connectivity index (χ0n) is 14.5. The molecule has 24 heavy (non-hydrogen) atoms. The third-order valence-electron chi connectivity index (χ3n) is 3.17. The Kier molecular flexibility index (Phi) is 6.07. The first-order valence-electron chi connectivity index (χ1n) is 7.44. The second-order valence-electron chi connectivity index (χ2n) is 6.44. The van der Waals surface area contributed by atoms with Crippen molar-refractivity contribution in [1.29, 1.82) is 0 Å². The van der Waals surface area contributed by atoms with Crippen LogP contribution in [0.15, 0.2) is 23.1 Å². The van der Waals surface area contributed by atoms with E-state index in [4.69, 9.17) is 0 Å². The van der Waals surface area contributed by atoms with Crippen LogP contribution in [-0.4, -0.2) is 42.2 Å². The lowest BCUT2D eigenvalue weighted by atomic mass is 10.1. The monoisotopic (exact) mass is 357 g/mol. The van der Waals surface area contributed by atoms with Crippen LogP contribution in [0.25, 0.3) is 0 Å². The minimum Gasteiger partial charge on any atom is -0.350 e. The van der Waals surface area contributed by atoms with Gasteiger partial charge in [0.1, 0.15) is 0 Å². The van der Waals surface area contributed by atoms with Crippen LogP contribution in [0.3, 0.4) is 0 Å². The van der Waals surface area contributed by atoms with Gasteiger partial charge in [0.05, 0.1) is 16.4 Å². The summed E-state index contributed by atoms with van der Waals surface area (Å²) in [5, 5.41) is 13.5. The summed E-state index contributed by atoms with van der Waals surface area (Å²) in [6.45, 7) is 8.32. The van der Waals surface area contributed by atoms with Gasteiger partial charge in [0.25, 0.3) is 5.69 Å². The van der Waals surface area contributed by atoms with E-state index in [-0.39, 0.29) is 29.2 Å². The SMILES string of the molecule is CCN(CC(=O)NC(C)(C)C)S(=O)(=O)c1ccc([N+](=O)[O-])cc1C. The molecule has 134 valence electrons. The van der Waals surface area contributed by atoms with Crippen molar-refractivity contribution in [3.05, 3.63) is 33.9 Å². The van der Waals surface area contributed by atoms with Crippen LogP contribution in [0.5, 0.6) is 0 Å². The molecule has 0 heterocycles. The van der Waals surface area contributed by atoms with E-state index < -0.39 is 26.4 Å². The van der Waals surface area contributed by atoms with Gasteiger partial charge >= 0.3 is 0 Å². The highest BCUT2D eigenvalue weighted by Crippen LogP contribution is 2.24. The first-order valence-corrected chi connectivity index (χ1v) is 8.88. The van der Waals surface area contributed by atoms with Crippen molar-refractivity contribution in [1.82, 2.24) is 9.62 Å². The third-order valence-corrected chi connectivity index (χ3v) is 5.26. The standard InChI is InChI=1S/C15H23N3O5S/c1-6-17(10-14(19)16-15(3,4)5)24(22,23)13-8-7-12(18(20)21)9-11(13)2/h7-9H,6,10H2,1-5H3,(H,16,19). The summed E-state index contributed by atoms with van der Waals surface area (Å²) < 4.78 is 26.5. The van der Waals surface area contributed by atoms with Crippen molar-refractivity contribution in [3.8, 4) is 0 Å². The molecular formula is C15H23N3O5S. The number of rotatable bonds is 6. The molecule has 0 bridgehead atoms. The van der Waals surface area contributed by atoms with E-state index in [1.165, 1.54) is 19.1 Å². The van der Waals surface area contributed by atoms with E-state index in [1.54, 1.807) is 27.7 Å². The molecule has 0 aliphatic rings. The molecule has 0 saturated carbocycles. The predicted molar refractivity (Wildman–Crippen MR) is 90.2 cm³/mol. The molecule has 1 amide bonds. The first-order chi connectivity index (χ1) is 10.9. The molecule has 0 fully saturated rings. The van der Waals surface area contributed by atoms with Crippen molar-refractivity contribution in [2.45, 2.75) is 45.1 Å². The predicted octanol–water partition coefficient (Wildman–Crippen LogP) is 1.83. The fourth-order valence-corrected chi connectivity index (χ4v) is 3.77. The molecule has 0 atom stereocenters. The van der Waals surface area contributed by atoms with Gasteiger partial charge in [0.15, 0.2) is 0 Å².